The number of fused-ring (bicyclic) bond motifs is 1. The van der Waals surface area contributed by atoms with Gasteiger partial charge in [0.1, 0.15) is 0 Å². The number of carbonyl (C=O) groups excluding carboxylic acids is 1. The van der Waals surface area contributed by atoms with Crippen molar-refractivity contribution in [3.8, 4) is 11.4 Å². The van der Waals surface area contributed by atoms with Gasteiger partial charge in [0.15, 0.2) is 5.82 Å². The third kappa shape index (κ3) is 4.76. The highest BCUT2D eigenvalue weighted by Gasteiger charge is 2.18. The smallest absolute Gasteiger partial charge is 0.253 e. The monoisotopic (exact) mass is 461 g/mol. The molecule has 0 saturated carbocycles. The maximum absolute atomic E-state index is 12.8. The molecule has 0 bridgehead atoms. The van der Waals surface area contributed by atoms with Crippen molar-refractivity contribution in [1.82, 2.24) is 19.6 Å². The first-order chi connectivity index (χ1) is 15.5. The van der Waals surface area contributed by atoms with E-state index < -0.39 is 0 Å². The molecule has 4 aromatic rings. The number of carbonyl (C=O) groups is 1. The predicted octanol–water partition coefficient (Wildman–Crippen LogP) is 5.85. The fourth-order valence-corrected chi connectivity index (χ4v) is 3.96. The number of nitrogens with zero attached hydrogens (tertiary/aromatic N) is 4. The van der Waals surface area contributed by atoms with E-state index in [1.807, 2.05) is 39.0 Å². The summed E-state index contributed by atoms with van der Waals surface area (Å²) in [6, 6.07) is 13.7. The summed E-state index contributed by atoms with van der Waals surface area (Å²) in [4.78, 5) is 22.0. The highest BCUT2D eigenvalue weighted by Crippen LogP contribution is 2.26. The third-order valence-electron chi connectivity index (χ3n) is 5.87. The lowest BCUT2D eigenvalue weighted by Gasteiger charge is -2.18. The van der Waals surface area contributed by atoms with Crippen LogP contribution in [0.25, 0.3) is 17.2 Å². The summed E-state index contributed by atoms with van der Waals surface area (Å²) in [5.74, 6) is 1.00. The van der Waals surface area contributed by atoms with E-state index in [1.165, 1.54) is 5.56 Å². The molecule has 2 heterocycles. The Kier molecular flexibility index (Phi) is 5.97. The molecular weight excluding hydrogens is 434 g/mol. The molecule has 6 nitrogen and oxygen atoms in total. The zero-order valence-corrected chi connectivity index (χ0v) is 20.6. The number of anilines is 1. The van der Waals surface area contributed by atoms with Crippen molar-refractivity contribution < 1.29 is 4.79 Å². The van der Waals surface area contributed by atoms with Gasteiger partial charge >= 0.3 is 0 Å². The minimum absolute atomic E-state index is 0.0826. The van der Waals surface area contributed by atoms with Crippen LogP contribution in [0.2, 0.25) is 5.02 Å². The third-order valence-corrected chi connectivity index (χ3v) is 6.10. The largest absolute Gasteiger partial charge is 0.326 e. The van der Waals surface area contributed by atoms with Gasteiger partial charge in [-0.05, 0) is 49.4 Å². The standard InChI is InChI=1S/C26H28ClN5O/c1-15-7-12-20(27)13-22(15)29-23(33)14-21-16(2)28-25-30-24(31-32(25)17(21)3)18-8-10-19(11-9-18)26(4,5)6/h7-13H,14H2,1-6H3,(H,29,33). The van der Waals surface area contributed by atoms with E-state index in [0.717, 1.165) is 28.1 Å². The summed E-state index contributed by atoms with van der Waals surface area (Å²) in [6.07, 6.45) is 0.183. The number of amides is 1. The van der Waals surface area contributed by atoms with Crippen LogP contribution in [0.5, 0.6) is 0 Å². The van der Waals surface area contributed by atoms with Crippen LogP contribution < -0.4 is 5.32 Å². The Labute approximate surface area is 199 Å². The first-order valence-corrected chi connectivity index (χ1v) is 11.3. The lowest BCUT2D eigenvalue weighted by Crippen LogP contribution is -2.18. The van der Waals surface area contributed by atoms with E-state index in [-0.39, 0.29) is 17.7 Å². The molecule has 0 spiro atoms. The molecule has 0 fully saturated rings. The fraction of sp³-hybridized carbons (Fsp3) is 0.308. The molecule has 0 unspecified atom stereocenters. The Hall–Kier alpha value is -3.25. The predicted molar refractivity (Wildman–Crippen MR) is 133 cm³/mol. The molecule has 1 amide bonds. The lowest BCUT2D eigenvalue weighted by molar-refractivity contribution is -0.115. The van der Waals surface area contributed by atoms with Crippen LogP contribution in [0.1, 0.15) is 48.8 Å². The van der Waals surface area contributed by atoms with Crippen molar-refractivity contribution in [3.05, 3.63) is 75.6 Å². The molecule has 1 N–H and O–H groups in total. The summed E-state index contributed by atoms with van der Waals surface area (Å²) >= 11 is 6.08. The maximum atomic E-state index is 12.8. The van der Waals surface area contributed by atoms with Crippen molar-refractivity contribution in [1.29, 1.82) is 0 Å². The number of benzene rings is 2. The zero-order valence-electron chi connectivity index (χ0n) is 19.8. The molecular formula is C26H28ClN5O. The van der Waals surface area contributed by atoms with Gasteiger partial charge in [-0.25, -0.2) is 9.50 Å². The summed E-state index contributed by atoms with van der Waals surface area (Å²) in [5.41, 5.74) is 6.37. The van der Waals surface area contributed by atoms with E-state index in [9.17, 15) is 4.79 Å². The van der Waals surface area contributed by atoms with Gasteiger partial charge in [0, 0.05) is 33.2 Å². The second-order valence-electron chi connectivity index (χ2n) is 9.42. The molecule has 170 valence electrons. The first kappa shape index (κ1) is 22.9. The van der Waals surface area contributed by atoms with Crippen molar-refractivity contribution in [3.63, 3.8) is 0 Å². The minimum Gasteiger partial charge on any atom is -0.326 e. The molecule has 7 heteroatoms. The first-order valence-electron chi connectivity index (χ1n) is 10.9. The van der Waals surface area contributed by atoms with Gasteiger partial charge in [0.05, 0.1) is 6.42 Å². The van der Waals surface area contributed by atoms with Crippen LogP contribution >= 0.6 is 11.6 Å². The van der Waals surface area contributed by atoms with Gasteiger partial charge in [-0.1, -0.05) is 62.7 Å². The zero-order chi connectivity index (χ0) is 23.9. The fourth-order valence-electron chi connectivity index (χ4n) is 3.79. The van der Waals surface area contributed by atoms with Crippen LogP contribution in [0.15, 0.2) is 42.5 Å². The van der Waals surface area contributed by atoms with Crippen molar-refractivity contribution in [2.75, 3.05) is 5.32 Å². The van der Waals surface area contributed by atoms with Crippen LogP contribution in [0, 0.1) is 20.8 Å². The number of halogens is 1. The second-order valence-corrected chi connectivity index (χ2v) is 9.86. The molecule has 0 radical (unpaired) electrons. The summed E-state index contributed by atoms with van der Waals surface area (Å²) in [7, 11) is 0. The molecule has 0 aliphatic heterocycles. The summed E-state index contributed by atoms with van der Waals surface area (Å²) in [5, 5.41) is 8.22. The number of aromatic nitrogens is 4. The quantitative estimate of drug-likeness (QED) is 0.413. The van der Waals surface area contributed by atoms with Crippen molar-refractivity contribution in [2.24, 2.45) is 0 Å². The molecule has 0 aliphatic rings. The molecule has 0 aliphatic carbocycles. The Balaban J connectivity index is 1.63. The van der Waals surface area contributed by atoms with Gasteiger partial charge in [-0.15, -0.1) is 5.10 Å². The molecule has 0 saturated heterocycles. The molecule has 4 rings (SSSR count). The van der Waals surface area contributed by atoms with Gasteiger partial charge in [-0.3, -0.25) is 4.79 Å². The van der Waals surface area contributed by atoms with E-state index in [4.69, 9.17) is 11.6 Å². The SMILES string of the molecule is Cc1ccc(Cl)cc1NC(=O)Cc1c(C)nc2nc(-c3ccc(C(C)(C)C)cc3)nn2c1C. The van der Waals surface area contributed by atoms with Crippen LogP contribution in [-0.4, -0.2) is 25.5 Å². The number of hydrogen-bond donors (Lipinski definition) is 1. The minimum atomic E-state index is -0.133. The van der Waals surface area contributed by atoms with E-state index >= 15 is 0 Å². The van der Waals surface area contributed by atoms with Crippen LogP contribution in [0.4, 0.5) is 5.69 Å². The number of hydrogen-bond acceptors (Lipinski definition) is 4. The van der Waals surface area contributed by atoms with Crippen molar-refractivity contribution in [2.45, 2.75) is 53.4 Å². The lowest BCUT2D eigenvalue weighted by atomic mass is 9.87. The topological polar surface area (TPSA) is 72.2 Å². The van der Waals surface area contributed by atoms with Crippen LogP contribution in [-0.2, 0) is 16.6 Å². The van der Waals surface area contributed by atoms with Crippen LogP contribution in [0.3, 0.4) is 0 Å². The average Bonchev–Trinajstić information content (AvgIpc) is 3.17. The Morgan fingerprint density at radius 2 is 1.73 bits per heavy atom. The van der Waals surface area contributed by atoms with Gasteiger partial charge in [-0.2, -0.15) is 4.98 Å². The maximum Gasteiger partial charge on any atom is 0.253 e. The molecule has 33 heavy (non-hydrogen) atoms. The Morgan fingerprint density at radius 3 is 2.39 bits per heavy atom. The Morgan fingerprint density at radius 1 is 1.03 bits per heavy atom. The van der Waals surface area contributed by atoms with Gasteiger partial charge in [0.25, 0.3) is 5.78 Å². The van der Waals surface area contributed by atoms with E-state index in [0.29, 0.717) is 22.3 Å². The number of nitrogens with one attached hydrogen (secondary N) is 1. The summed E-state index contributed by atoms with van der Waals surface area (Å²) in [6.45, 7) is 12.3. The molecule has 2 aromatic carbocycles. The number of rotatable bonds is 4. The normalized spacial score (nSPS) is 11.7. The Bertz CT molecular complexity index is 1350. The van der Waals surface area contributed by atoms with Crippen molar-refractivity contribution >= 4 is 29.0 Å². The van der Waals surface area contributed by atoms with Gasteiger partial charge in [0.2, 0.25) is 5.91 Å². The molecule has 0 atom stereocenters. The molecule has 2 aromatic heterocycles. The average molecular weight is 462 g/mol. The second kappa shape index (κ2) is 8.60. The number of aryl methyl sites for hydroxylation is 3. The van der Waals surface area contributed by atoms with E-state index in [1.54, 1.807) is 16.6 Å². The summed E-state index contributed by atoms with van der Waals surface area (Å²) < 4.78 is 1.72. The highest BCUT2D eigenvalue weighted by molar-refractivity contribution is 6.31. The van der Waals surface area contributed by atoms with E-state index in [2.05, 4.69) is 53.3 Å². The highest BCUT2D eigenvalue weighted by atomic mass is 35.5. The van der Waals surface area contributed by atoms with Gasteiger partial charge < -0.3 is 5.32 Å².